The van der Waals surface area contributed by atoms with Crippen LogP contribution in [-0.2, 0) is 4.79 Å². The highest BCUT2D eigenvalue weighted by molar-refractivity contribution is 6.05. The molecule has 0 radical (unpaired) electrons. The number of hydrogen-bond acceptors (Lipinski definition) is 6. The largest absolute Gasteiger partial charge is 0.493 e. The number of ether oxygens (including phenoxy) is 4. The van der Waals surface area contributed by atoms with Gasteiger partial charge < -0.3 is 29.2 Å². The number of carbonyl (C=O) groups is 2. The molecule has 1 aliphatic heterocycles. The van der Waals surface area contributed by atoms with Crippen molar-refractivity contribution >= 4 is 23.2 Å². The van der Waals surface area contributed by atoms with Gasteiger partial charge in [0.1, 0.15) is 5.75 Å². The first-order valence-electron chi connectivity index (χ1n) is 8.13. The lowest BCUT2D eigenvalue weighted by atomic mass is 10.1. The van der Waals surface area contributed by atoms with Gasteiger partial charge >= 0.3 is 0 Å². The third-order valence-corrected chi connectivity index (χ3v) is 4.23. The van der Waals surface area contributed by atoms with E-state index in [0.717, 1.165) is 0 Å². The third-order valence-electron chi connectivity index (χ3n) is 4.23. The minimum Gasteiger partial charge on any atom is -0.493 e. The number of nitrogens with one attached hydrogen (secondary N) is 1. The SMILES string of the molecule is COc1cc(C(=O)Nc2ccc3c(c2)OCC(=O)N3C)cc(OC)c1OC. The summed E-state index contributed by atoms with van der Waals surface area (Å²) in [5.74, 6) is 1.23. The van der Waals surface area contributed by atoms with Gasteiger partial charge in [0.15, 0.2) is 18.1 Å². The summed E-state index contributed by atoms with van der Waals surface area (Å²) in [5, 5.41) is 2.80. The van der Waals surface area contributed by atoms with Gasteiger partial charge in [-0.25, -0.2) is 0 Å². The van der Waals surface area contributed by atoms with E-state index >= 15 is 0 Å². The van der Waals surface area contributed by atoms with Gasteiger partial charge in [-0.2, -0.15) is 0 Å². The molecule has 8 nitrogen and oxygen atoms in total. The number of likely N-dealkylation sites (N-methyl/N-ethyl adjacent to an activating group) is 1. The number of carbonyl (C=O) groups excluding carboxylic acids is 2. The van der Waals surface area contributed by atoms with Crippen LogP contribution in [0.25, 0.3) is 0 Å². The highest BCUT2D eigenvalue weighted by Crippen LogP contribution is 2.38. The van der Waals surface area contributed by atoms with Crippen LogP contribution >= 0.6 is 0 Å². The lowest BCUT2D eigenvalue weighted by molar-refractivity contribution is -0.120. The van der Waals surface area contributed by atoms with E-state index in [9.17, 15) is 9.59 Å². The van der Waals surface area contributed by atoms with Gasteiger partial charge in [-0.3, -0.25) is 9.59 Å². The molecule has 0 aliphatic carbocycles. The van der Waals surface area contributed by atoms with Crippen LogP contribution in [0.2, 0.25) is 0 Å². The summed E-state index contributed by atoms with van der Waals surface area (Å²) in [6, 6.07) is 8.23. The van der Waals surface area contributed by atoms with Crippen molar-refractivity contribution in [2.45, 2.75) is 0 Å². The Kier molecular flexibility index (Phi) is 5.07. The summed E-state index contributed by atoms with van der Waals surface area (Å²) in [6.45, 7) is -0.0340. The van der Waals surface area contributed by atoms with E-state index in [0.29, 0.717) is 39.9 Å². The molecule has 1 heterocycles. The quantitative estimate of drug-likeness (QED) is 0.867. The summed E-state index contributed by atoms with van der Waals surface area (Å²) in [5.41, 5.74) is 1.53. The van der Waals surface area contributed by atoms with Gasteiger partial charge in [-0.1, -0.05) is 0 Å². The number of rotatable bonds is 5. The van der Waals surface area contributed by atoms with E-state index in [1.807, 2.05) is 0 Å². The van der Waals surface area contributed by atoms with E-state index in [4.69, 9.17) is 18.9 Å². The number of anilines is 2. The maximum Gasteiger partial charge on any atom is 0.264 e. The monoisotopic (exact) mass is 372 g/mol. The second-order valence-corrected chi connectivity index (χ2v) is 5.79. The first-order chi connectivity index (χ1) is 13.0. The molecule has 0 atom stereocenters. The molecule has 8 heteroatoms. The second-order valence-electron chi connectivity index (χ2n) is 5.79. The number of amides is 2. The summed E-state index contributed by atoms with van der Waals surface area (Å²) in [7, 11) is 6.14. The van der Waals surface area contributed by atoms with Crippen LogP contribution in [-0.4, -0.2) is 46.8 Å². The van der Waals surface area contributed by atoms with Crippen LogP contribution in [0.3, 0.4) is 0 Å². The Bertz CT molecular complexity index is 871. The Morgan fingerprint density at radius 3 is 2.33 bits per heavy atom. The van der Waals surface area contributed by atoms with Gasteiger partial charge in [0, 0.05) is 24.4 Å². The molecule has 1 N–H and O–H groups in total. The number of benzene rings is 2. The zero-order valence-electron chi connectivity index (χ0n) is 15.5. The maximum atomic E-state index is 12.7. The van der Waals surface area contributed by atoms with Crippen molar-refractivity contribution in [2.24, 2.45) is 0 Å². The van der Waals surface area contributed by atoms with Crippen molar-refractivity contribution in [1.29, 1.82) is 0 Å². The van der Waals surface area contributed by atoms with Gasteiger partial charge in [-0.15, -0.1) is 0 Å². The molecule has 0 saturated heterocycles. The number of hydrogen-bond donors (Lipinski definition) is 1. The molecular weight excluding hydrogens is 352 g/mol. The molecule has 27 heavy (non-hydrogen) atoms. The van der Waals surface area contributed by atoms with Crippen LogP contribution < -0.4 is 29.2 Å². The Labute approximate surface area is 156 Å². The molecule has 0 unspecified atom stereocenters. The van der Waals surface area contributed by atoms with Gasteiger partial charge in [0.25, 0.3) is 11.8 Å². The summed E-state index contributed by atoms with van der Waals surface area (Å²) >= 11 is 0. The van der Waals surface area contributed by atoms with Crippen LogP contribution in [0.15, 0.2) is 30.3 Å². The minimum absolute atomic E-state index is 0.0340. The summed E-state index contributed by atoms with van der Waals surface area (Å²) < 4.78 is 21.2. The normalized spacial score (nSPS) is 12.7. The standard InChI is InChI=1S/C19H20N2O6/c1-21-13-6-5-12(9-14(13)27-10-17(21)22)20-19(23)11-7-15(24-2)18(26-4)16(8-11)25-3/h5-9H,10H2,1-4H3,(H,20,23). The van der Waals surface area contributed by atoms with Crippen LogP contribution in [0.5, 0.6) is 23.0 Å². The van der Waals surface area contributed by atoms with E-state index in [1.54, 1.807) is 37.4 Å². The Morgan fingerprint density at radius 1 is 1.07 bits per heavy atom. The van der Waals surface area contributed by atoms with Crippen LogP contribution in [0, 0.1) is 0 Å². The van der Waals surface area contributed by atoms with Crippen molar-refractivity contribution < 1.29 is 28.5 Å². The maximum absolute atomic E-state index is 12.7. The molecule has 142 valence electrons. The second kappa shape index (κ2) is 7.45. The Morgan fingerprint density at radius 2 is 1.74 bits per heavy atom. The predicted molar refractivity (Wildman–Crippen MR) is 99.4 cm³/mol. The number of fused-ring (bicyclic) bond motifs is 1. The van der Waals surface area contributed by atoms with E-state index in [-0.39, 0.29) is 18.4 Å². The molecule has 2 aromatic rings. The predicted octanol–water partition coefficient (Wildman–Crippen LogP) is 2.32. The fourth-order valence-corrected chi connectivity index (χ4v) is 2.77. The lowest BCUT2D eigenvalue weighted by Crippen LogP contribution is -2.35. The third kappa shape index (κ3) is 3.46. The van der Waals surface area contributed by atoms with Gasteiger partial charge in [0.2, 0.25) is 5.75 Å². The first-order valence-corrected chi connectivity index (χ1v) is 8.13. The van der Waals surface area contributed by atoms with E-state index < -0.39 is 0 Å². The Balaban J connectivity index is 1.87. The molecular formula is C19H20N2O6. The molecule has 0 spiro atoms. The average Bonchev–Trinajstić information content (AvgIpc) is 2.69. The molecule has 2 aromatic carbocycles. The smallest absolute Gasteiger partial charge is 0.264 e. The zero-order valence-corrected chi connectivity index (χ0v) is 15.5. The van der Waals surface area contributed by atoms with Crippen LogP contribution in [0.1, 0.15) is 10.4 Å². The van der Waals surface area contributed by atoms with Crippen molar-refractivity contribution in [1.82, 2.24) is 0 Å². The molecule has 3 rings (SSSR count). The fourth-order valence-electron chi connectivity index (χ4n) is 2.77. The molecule has 0 fully saturated rings. The highest BCUT2D eigenvalue weighted by Gasteiger charge is 2.23. The van der Waals surface area contributed by atoms with Gasteiger partial charge in [-0.05, 0) is 24.3 Å². The molecule has 0 bridgehead atoms. The molecule has 0 saturated carbocycles. The molecule has 0 aromatic heterocycles. The van der Waals surface area contributed by atoms with Gasteiger partial charge in [0.05, 0.1) is 27.0 Å². The van der Waals surface area contributed by atoms with E-state index in [2.05, 4.69) is 5.32 Å². The average molecular weight is 372 g/mol. The summed E-state index contributed by atoms with van der Waals surface area (Å²) in [6.07, 6.45) is 0. The summed E-state index contributed by atoms with van der Waals surface area (Å²) in [4.78, 5) is 25.9. The lowest BCUT2D eigenvalue weighted by Gasteiger charge is -2.26. The van der Waals surface area contributed by atoms with Crippen molar-refractivity contribution in [3.63, 3.8) is 0 Å². The Hall–Kier alpha value is -3.42. The minimum atomic E-state index is -0.352. The van der Waals surface area contributed by atoms with E-state index in [1.165, 1.54) is 26.2 Å². The highest BCUT2D eigenvalue weighted by atomic mass is 16.5. The molecule has 1 aliphatic rings. The number of methoxy groups -OCH3 is 3. The van der Waals surface area contributed by atoms with Crippen molar-refractivity contribution in [3.05, 3.63) is 35.9 Å². The van der Waals surface area contributed by atoms with Crippen molar-refractivity contribution in [2.75, 3.05) is 45.2 Å². The van der Waals surface area contributed by atoms with Crippen molar-refractivity contribution in [3.8, 4) is 23.0 Å². The molecule has 2 amide bonds. The van der Waals surface area contributed by atoms with Crippen LogP contribution in [0.4, 0.5) is 11.4 Å². The number of nitrogens with zero attached hydrogens (tertiary/aromatic N) is 1. The zero-order chi connectivity index (χ0) is 19.6. The first kappa shape index (κ1) is 18.4. The fraction of sp³-hybridized carbons (Fsp3) is 0.263. The topological polar surface area (TPSA) is 86.3 Å².